The fraction of sp³-hybridized carbons (Fsp3) is 0.917. The molecule has 0 bridgehead atoms. The predicted molar refractivity (Wildman–Crippen MR) is 62.5 cm³/mol. The lowest BCUT2D eigenvalue weighted by molar-refractivity contribution is -0.130. The molecule has 15 heavy (non-hydrogen) atoms. The average molecular weight is 212 g/mol. The molecule has 0 radical (unpaired) electrons. The Morgan fingerprint density at radius 2 is 2.00 bits per heavy atom. The second kappa shape index (κ2) is 6.11. The lowest BCUT2D eigenvalue weighted by Crippen LogP contribution is -2.35. The fourth-order valence-electron chi connectivity index (χ4n) is 2.29. The lowest BCUT2D eigenvalue weighted by Gasteiger charge is -2.27. The van der Waals surface area contributed by atoms with Crippen molar-refractivity contribution in [1.82, 2.24) is 4.90 Å². The summed E-state index contributed by atoms with van der Waals surface area (Å²) in [4.78, 5) is 13.5. The van der Waals surface area contributed by atoms with Crippen LogP contribution in [0.4, 0.5) is 0 Å². The molecule has 3 heteroatoms. The van der Waals surface area contributed by atoms with Crippen molar-refractivity contribution in [3.63, 3.8) is 0 Å². The molecule has 1 fully saturated rings. The van der Waals surface area contributed by atoms with Crippen LogP contribution >= 0.6 is 0 Å². The highest BCUT2D eigenvalue weighted by Crippen LogP contribution is 2.24. The Hall–Kier alpha value is -0.570. The van der Waals surface area contributed by atoms with Crippen molar-refractivity contribution >= 4 is 5.91 Å². The van der Waals surface area contributed by atoms with Gasteiger partial charge in [0.15, 0.2) is 0 Å². The highest BCUT2D eigenvalue weighted by Gasteiger charge is 2.18. The largest absolute Gasteiger partial charge is 0.345 e. The van der Waals surface area contributed by atoms with Gasteiger partial charge in [-0.25, -0.2) is 0 Å². The number of carbonyl (C=O) groups excluding carboxylic acids is 1. The van der Waals surface area contributed by atoms with E-state index in [9.17, 15) is 4.79 Å². The summed E-state index contributed by atoms with van der Waals surface area (Å²) in [6.45, 7) is 2.80. The summed E-state index contributed by atoms with van der Waals surface area (Å²) in [5, 5.41) is 0. The van der Waals surface area contributed by atoms with Gasteiger partial charge in [0.05, 0.1) is 0 Å². The van der Waals surface area contributed by atoms with Crippen LogP contribution in [0.5, 0.6) is 0 Å². The molecule has 3 nitrogen and oxygen atoms in total. The van der Waals surface area contributed by atoms with Crippen molar-refractivity contribution in [3.8, 4) is 0 Å². The minimum absolute atomic E-state index is 0.0219. The van der Waals surface area contributed by atoms with Crippen LogP contribution in [0.1, 0.15) is 45.4 Å². The fourth-order valence-corrected chi connectivity index (χ4v) is 2.29. The van der Waals surface area contributed by atoms with Gasteiger partial charge in [0.25, 0.3) is 0 Å². The molecule has 0 aliphatic heterocycles. The highest BCUT2D eigenvalue weighted by atomic mass is 16.2. The summed E-state index contributed by atoms with van der Waals surface area (Å²) in [5.41, 5.74) is 5.62. The molecule has 0 spiro atoms. The molecule has 1 aliphatic rings. The maximum atomic E-state index is 11.7. The van der Waals surface area contributed by atoms with Crippen LogP contribution in [-0.4, -0.2) is 30.4 Å². The number of hydrogen-bond donors (Lipinski definition) is 1. The van der Waals surface area contributed by atoms with Crippen molar-refractivity contribution in [2.45, 2.75) is 51.5 Å². The number of rotatable bonds is 4. The molecule has 2 N–H and O–H groups in total. The Kier molecular flexibility index (Phi) is 5.09. The number of carbonyl (C=O) groups is 1. The van der Waals surface area contributed by atoms with Crippen molar-refractivity contribution in [3.05, 3.63) is 0 Å². The summed E-state index contributed by atoms with van der Waals surface area (Å²) in [5.74, 6) is 0.913. The van der Waals surface area contributed by atoms with Gasteiger partial charge in [-0.05, 0) is 25.7 Å². The van der Waals surface area contributed by atoms with Gasteiger partial charge in [-0.15, -0.1) is 0 Å². The van der Waals surface area contributed by atoms with Crippen molar-refractivity contribution in [2.75, 3.05) is 13.6 Å². The van der Waals surface area contributed by atoms with Gasteiger partial charge in [0, 0.05) is 26.1 Å². The zero-order valence-electron chi connectivity index (χ0n) is 10.0. The van der Waals surface area contributed by atoms with Crippen LogP contribution < -0.4 is 5.73 Å². The van der Waals surface area contributed by atoms with E-state index in [1.807, 2.05) is 18.9 Å². The highest BCUT2D eigenvalue weighted by molar-refractivity contribution is 5.76. The third-order valence-corrected chi connectivity index (χ3v) is 3.18. The topological polar surface area (TPSA) is 46.3 Å². The van der Waals surface area contributed by atoms with Gasteiger partial charge in [-0.2, -0.15) is 0 Å². The first kappa shape index (κ1) is 12.5. The van der Waals surface area contributed by atoms with Crippen molar-refractivity contribution in [1.29, 1.82) is 0 Å². The summed E-state index contributed by atoms with van der Waals surface area (Å²) >= 11 is 0. The van der Waals surface area contributed by atoms with Crippen LogP contribution in [0.2, 0.25) is 0 Å². The summed E-state index contributed by atoms with van der Waals surface area (Å²) < 4.78 is 0. The molecule has 1 aliphatic carbocycles. The molecular formula is C12H24N2O. The van der Waals surface area contributed by atoms with Gasteiger partial charge in [0.2, 0.25) is 5.91 Å². The molecule has 0 aromatic rings. The van der Waals surface area contributed by atoms with Crippen LogP contribution in [-0.2, 0) is 4.79 Å². The van der Waals surface area contributed by atoms with E-state index in [2.05, 4.69) is 0 Å². The maximum Gasteiger partial charge on any atom is 0.223 e. The van der Waals surface area contributed by atoms with Crippen LogP contribution in [0.25, 0.3) is 0 Å². The number of amides is 1. The van der Waals surface area contributed by atoms with Gasteiger partial charge in [-0.1, -0.05) is 19.3 Å². The van der Waals surface area contributed by atoms with E-state index in [1.165, 1.54) is 32.1 Å². The molecular weight excluding hydrogens is 188 g/mol. The SMILES string of the molecule is CC(N)CC(=O)N(C)CC1CCCCC1. The molecule has 0 saturated heterocycles. The molecule has 0 heterocycles. The van der Waals surface area contributed by atoms with Crippen molar-refractivity contribution < 1.29 is 4.79 Å². The van der Waals surface area contributed by atoms with E-state index in [0.29, 0.717) is 6.42 Å². The Morgan fingerprint density at radius 1 is 1.40 bits per heavy atom. The molecule has 88 valence electrons. The summed E-state index contributed by atoms with van der Waals surface area (Å²) in [7, 11) is 1.90. The minimum atomic E-state index is -0.0219. The number of nitrogens with zero attached hydrogens (tertiary/aromatic N) is 1. The zero-order chi connectivity index (χ0) is 11.3. The first-order valence-corrected chi connectivity index (χ1v) is 6.09. The first-order valence-electron chi connectivity index (χ1n) is 6.09. The molecule has 1 saturated carbocycles. The van der Waals surface area contributed by atoms with E-state index in [0.717, 1.165) is 12.5 Å². The summed E-state index contributed by atoms with van der Waals surface area (Å²) in [6.07, 6.45) is 7.09. The van der Waals surface area contributed by atoms with Crippen LogP contribution in [0.3, 0.4) is 0 Å². The van der Waals surface area contributed by atoms with E-state index >= 15 is 0 Å². The Morgan fingerprint density at radius 3 is 2.53 bits per heavy atom. The van der Waals surface area contributed by atoms with Crippen LogP contribution in [0, 0.1) is 5.92 Å². The van der Waals surface area contributed by atoms with E-state index in [4.69, 9.17) is 5.73 Å². The molecule has 0 aromatic carbocycles. The number of hydrogen-bond acceptors (Lipinski definition) is 2. The van der Waals surface area contributed by atoms with Gasteiger partial charge >= 0.3 is 0 Å². The Labute approximate surface area is 93.0 Å². The Balaban J connectivity index is 2.26. The van der Waals surface area contributed by atoms with E-state index in [-0.39, 0.29) is 11.9 Å². The second-order valence-corrected chi connectivity index (χ2v) is 4.96. The molecule has 1 rings (SSSR count). The molecule has 1 unspecified atom stereocenters. The smallest absolute Gasteiger partial charge is 0.223 e. The quantitative estimate of drug-likeness (QED) is 0.772. The minimum Gasteiger partial charge on any atom is -0.345 e. The zero-order valence-corrected chi connectivity index (χ0v) is 10.0. The van der Waals surface area contributed by atoms with Gasteiger partial charge < -0.3 is 10.6 Å². The molecule has 0 aromatic heterocycles. The first-order chi connectivity index (χ1) is 7.09. The van der Waals surface area contributed by atoms with Gasteiger partial charge in [-0.3, -0.25) is 4.79 Å². The van der Waals surface area contributed by atoms with Gasteiger partial charge in [0.1, 0.15) is 0 Å². The van der Waals surface area contributed by atoms with Crippen LogP contribution in [0.15, 0.2) is 0 Å². The van der Waals surface area contributed by atoms with E-state index < -0.39 is 0 Å². The predicted octanol–water partition coefficient (Wildman–Crippen LogP) is 1.76. The summed E-state index contributed by atoms with van der Waals surface area (Å²) in [6, 6.07) is -0.0219. The monoisotopic (exact) mass is 212 g/mol. The molecule has 1 atom stereocenters. The third kappa shape index (κ3) is 4.65. The average Bonchev–Trinajstić information content (AvgIpc) is 2.18. The molecule has 1 amide bonds. The third-order valence-electron chi connectivity index (χ3n) is 3.18. The standard InChI is InChI=1S/C12H24N2O/c1-10(13)8-12(15)14(2)9-11-6-4-3-5-7-11/h10-11H,3-9,13H2,1-2H3. The van der Waals surface area contributed by atoms with Crippen molar-refractivity contribution in [2.24, 2.45) is 11.7 Å². The lowest BCUT2D eigenvalue weighted by atomic mass is 9.89. The second-order valence-electron chi connectivity index (χ2n) is 4.96. The maximum absolute atomic E-state index is 11.7. The normalized spacial score (nSPS) is 19.9. The van der Waals surface area contributed by atoms with E-state index in [1.54, 1.807) is 0 Å². The Bertz CT molecular complexity index is 198. The number of nitrogens with two attached hydrogens (primary N) is 1.